The third-order valence-corrected chi connectivity index (χ3v) is 5.71. The van der Waals surface area contributed by atoms with Gasteiger partial charge in [0.05, 0.1) is 11.9 Å². The van der Waals surface area contributed by atoms with E-state index < -0.39 is 22.0 Å². The Labute approximate surface area is 170 Å². The molecule has 0 heterocycles. The lowest BCUT2D eigenvalue weighted by Gasteiger charge is -2.29. The van der Waals surface area contributed by atoms with Crippen LogP contribution in [0.2, 0.25) is 10.0 Å². The van der Waals surface area contributed by atoms with Gasteiger partial charge in [0.15, 0.2) is 0 Å². The SMILES string of the molecule is CC(C)c1ccccc1NC(=O)[C@@H](C)N(c1cc(Cl)cc(Cl)c1)S(C)(=O)=O. The van der Waals surface area contributed by atoms with E-state index >= 15 is 0 Å². The van der Waals surface area contributed by atoms with E-state index in [1.165, 1.54) is 25.1 Å². The summed E-state index contributed by atoms with van der Waals surface area (Å²) in [6.07, 6.45) is 1.04. The third kappa shape index (κ3) is 5.37. The van der Waals surface area contributed by atoms with Crippen LogP contribution < -0.4 is 9.62 Å². The van der Waals surface area contributed by atoms with Gasteiger partial charge in [0.25, 0.3) is 0 Å². The van der Waals surface area contributed by atoms with Gasteiger partial charge in [-0.25, -0.2) is 8.42 Å². The van der Waals surface area contributed by atoms with Gasteiger partial charge in [-0.15, -0.1) is 0 Å². The van der Waals surface area contributed by atoms with Gasteiger partial charge in [0.1, 0.15) is 6.04 Å². The van der Waals surface area contributed by atoms with Gasteiger partial charge in [0.2, 0.25) is 15.9 Å². The number of rotatable bonds is 6. The standard InChI is InChI=1S/C19H22Cl2N2O3S/c1-12(2)17-7-5-6-8-18(17)22-19(24)13(3)23(27(4,25)26)16-10-14(20)9-15(21)11-16/h5-13H,1-4H3,(H,22,24)/t13-/m1/s1. The highest BCUT2D eigenvalue weighted by Crippen LogP contribution is 2.29. The predicted octanol–water partition coefficient (Wildman–Crippen LogP) is 4.91. The highest BCUT2D eigenvalue weighted by Gasteiger charge is 2.30. The van der Waals surface area contributed by atoms with Crippen molar-refractivity contribution in [1.29, 1.82) is 0 Å². The molecule has 27 heavy (non-hydrogen) atoms. The molecule has 0 aliphatic carbocycles. The first kappa shape index (κ1) is 21.5. The van der Waals surface area contributed by atoms with Crippen LogP contribution in [0, 0.1) is 0 Å². The Morgan fingerprint density at radius 2 is 1.59 bits per heavy atom. The van der Waals surface area contributed by atoms with E-state index in [-0.39, 0.29) is 21.7 Å². The Kier molecular flexibility index (Phi) is 6.78. The Hall–Kier alpha value is -1.76. The van der Waals surface area contributed by atoms with Crippen molar-refractivity contribution in [2.75, 3.05) is 15.9 Å². The van der Waals surface area contributed by atoms with E-state index in [2.05, 4.69) is 5.32 Å². The van der Waals surface area contributed by atoms with Crippen molar-refractivity contribution in [3.05, 3.63) is 58.1 Å². The van der Waals surface area contributed by atoms with E-state index in [9.17, 15) is 13.2 Å². The van der Waals surface area contributed by atoms with Crippen molar-refractivity contribution in [3.8, 4) is 0 Å². The zero-order valence-electron chi connectivity index (χ0n) is 15.5. The summed E-state index contributed by atoms with van der Waals surface area (Å²) in [5.74, 6) is -0.251. The molecule has 2 aromatic rings. The number of nitrogens with one attached hydrogen (secondary N) is 1. The molecule has 2 rings (SSSR count). The zero-order chi connectivity index (χ0) is 20.4. The second-order valence-electron chi connectivity index (χ2n) is 6.59. The van der Waals surface area contributed by atoms with Gasteiger partial charge in [0, 0.05) is 15.7 Å². The fraction of sp³-hybridized carbons (Fsp3) is 0.316. The second kappa shape index (κ2) is 8.50. The quantitative estimate of drug-likeness (QED) is 0.710. The van der Waals surface area contributed by atoms with Crippen molar-refractivity contribution in [2.45, 2.75) is 32.7 Å². The largest absolute Gasteiger partial charge is 0.324 e. The number of hydrogen-bond donors (Lipinski definition) is 1. The van der Waals surface area contributed by atoms with Crippen LogP contribution in [0.15, 0.2) is 42.5 Å². The number of para-hydroxylation sites is 1. The van der Waals surface area contributed by atoms with Gasteiger partial charge < -0.3 is 5.32 Å². The monoisotopic (exact) mass is 428 g/mol. The summed E-state index contributed by atoms with van der Waals surface area (Å²) in [5, 5.41) is 3.39. The molecule has 0 bridgehead atoms. The van der Waals surface area contributed by atoms with Crippen molar-refractivity contribution < 1.29 is 13.2 Å². The lowest BCUT2D eigenvalue weighted by molar-refractivity contribution is -0.116. The van der Waals surface area contributed by atoms with E-state index in [1.807, 2.05) is 32.0 Å². The van der Waals surface area contributed by atoms with Gasteiger partial charge in [-0.05, 0) is 42.7 Å². The molecule has 0 spiro atoms. The van der Waals surface area contributed by atoms with E-state index in [4.69, 9.17) is 23.2 Å². The Morgan fingerprint density at radius 1 is 1.04 bits per heavy atom. The molecule has 0 radical (unpaired) electrons. The molecule has 0 aliphatic rings. The number of carbonyl (C=O) groups excluding carboxylic acids is 1. The van der Waals surface area contributed by atoms with Crippen LogP contribution in [0.4, 0.5) is 11.4 Å². The number of sulfonamides is 1. The molecule has 0 saturated carbocycles. The third-order valence-electron chi connectivity index (χ3n) is 4.03. The smallest absolute Gasteiger partial charge is 0.248 e. The van der Waals surface area contributed by atoms with E-state index in [0.29, 0.717) is 5.69 Å². The molecule has 5 nitrogen and oxygen atoms in total. The number of amides is 1. The molecule has 146 valence electrons. The minimum atomic E-state index is -3.76. The van der Waals surface area contributed by atoms with Crippen LogP contribution >= 0.6 is 23.2 Å². The molecular weight excluding hydrogens is 407 g/mol. The average molecular weight is 429 g/mol. The van der Waals surface area contributed by atoms with Crippen LogP contribution in [0.1, 0.15) is 32.3 Å². The second-order valence-corrected chi connectivity index (χ2v) is 9.33. The lowest BCUT2D eigenvalue weighted by atomic mass is 10.0. The summed E-state index contributed by atoms with van der Waals surface area (Å²) in [5.41, 5.74) is 1.85. The first-order valence-corrected chi connectivity index (χ1v) is 11.0. The molecule has 1 amide bonds. The number of carbonyl (C=O) groups is 1. The maximum Gasteiger partial charge on any atom is 0.248 e. The molecule has 0 unspecified atom stereocenters. The Morgan fingerprint density at radius 3 is 2.11 bits per heavy atom. The molecule has 8 heteroatoms. The van der Waals surface area contributed by atoms with Crippen LogP contribution in [0.3, 0.4) is 0 Å². The molecular formula is C19H22Cl2N2O3S. The average Bonchev–Trinajstić information content (AvgIpc) is 2.52. The number of halogens is 2. The van der Waals surface area contributed by atoms with Crippen LogP contribution in [0.5, 0.6) is 0 Å². The Bertz CT molecular complexity index is 925. The first-order valence-electron chi connectivity index (χ1n) is 8.36. The van der Waals surface area contributed by atoms with Crippen molar-refractivity contribution in [1.82, 2.24) is 0 Å². The van der Waals surface area contributed by atoms with Crippen LogP contribution in [-0.4, -0.2) is 26.6 Å². The topological polar surface area (TPSA) is 66.5 Å². The lowest BCUT2D eigenvalue weighted by Crippen LogP contribution is -2.45. The number of hydrogen-bond acceptors (Lipinski definition) is 3. The van der Waals surface area contributed by atoms with Crippen molar-refractivity contribution in [2.24, 2.45) is 0 Å². The highest BCUT2D eigenvalue weighted by atomic mass is 35.5. The summed E-state index contributed by atoms with van der Waals surface area (Å²) in [4.78, 5) is 12.8. The van der Waals surface area contributed by atoms with Crippen LogP contribution in [-0.2, 0) is 14.8 Å². The maximum atomic E-state index is 12.8. The maximum absolute atomic E-state index is 12.8. The van der Waals surface area contributed by atoms with E-state index in [0.717, 1.165) is 16.1 Å². The summed E-state index contributed by atoms with van der Waals surface area (Å²) >= 11 is 12.0. The molecule has 0 aromatic heterocycles. The molecule has 0 aliphatic heterocycles. The summed E-state index contributed by atoms with van der Waals surface area (Å²) < 4.78 is 25.8. The van der Waals surface area contributed by atoms with E-state index in [1.54, 1.807) is 6.07 Å². The first-order chi connectivity index (χ1) is 12.5. The Balaban J connectivity index is 2.39. The number of nitrogens with zero attached hydrogens (tertiary/aromatic N) is 1. The molecule has 0 fully saturated rings. The van der Waals surface area contributed by atoms with Crippen LogP contribution in [0.25, 0.3) is 0 Å². The molecule has 2 aromatic carbocycles. The van der Waals surface area contributed by atoms with Gasteiger partial charge >= 0.3 is 0 Å². The minimum absolute atomic E-state index is 0.203. The molecule has 1 atom stereocenters. The van der Waals surface area contributed by atoms with Crippen molar-refractivity contribution in [3.63, 3.8) is 0 Å². The summed E-state index contributed by atoms with van der Waals surface area (Å²) in [7, 11) is -3.76. The fourth-order valence-corrected chi connectivity index (χ4v) is 4.50. The fourth-order valence-electron chi connectivity index (χ4n) is 2.83. The number of benzene rings is 2. The van der Waals surface area contributed by atoms with Crippen molar-refractivity contribution >= 4 is 50.5 Å². The molecule has 0 saturated heterocycles. The normalized spacial score (nSPS) is 12.7. The van der Waals surface area contributed by atoms with Gasteiger partial charge in [-0.2, -0.15) is 0 Å². The number of anilines is 2. The van der Waals surface area contributed by atoms with Gasteiger partial charge in [-0.1, -0.05) is 55.2 Å². The predicted molar refractivity (Wildman–Crippen MR) is 112 cm³/mol. The van der Waals surface area contributed by atoms with Gasteiger partial charge in [-0.3, -0.25) is 9.10 Å². The minimum Gasteiger partial charge on any atom is -0.324 e. The summed E-state index contributed by atoms with van der Waals surface area (Å²) in [6.45, 7) is 5.56. The summed E-state index contributed by atoms with van der Waals surface area (Å²) in [6, 6.07) is 10.8. The molecule has 1 N–H and O–H groups in total. The highest BCUT2D eigenvalue weighted by molar-refractivity contribution is 7.92. The zero-order valence-corrected chi connectivity index (χ0v) is 17.9.